The summed E-state index contributed by atoms with van der Waals surface area (Å²) in [5.74, 6) is -1.42. The quantitative estimate of drug-likeness (QED) is 0.197. The van der Waals surface area contributed by atoms with Gasteiger partial charge in [0, 0.05) is 0 Å². The van der Waals surface area contributed by atoms with Crippen LogP contribution in [0.25, 0.3) is 0 Å². The number of aliphatic hydroxyl groups excluding tert-OH is 5. The predicted octanol–water partition coefficient (Wildman–Crippen LogP) is 3.84. The number of carboxylic acids is 2. The van der Waals surface area contributed by atoms with Crippen molar-refractivity contribution in [2.45, 2.75) is 186 Å². The highest BCUT2D eigenvalue weighted by molar-refractivity contribution is 5.76. The summed E-state index contributed by atoms with van der Waals surface area (Å²) >= 11 is 0. The molecule has 2 heterocycles. The van der Waals surface area contributed by atoms with Crippen molar-refractivity contribution in [3.05, 3.63) is 0 Å². The van der Waals surface area contributed by atoms with Gasteiger partial charge in [-0.25, -0.2) is 4.79 Å². The Morgan fingerprint density at radius 3 is 1.93 bits per heavy atom. The van der Waals surface area contributed by atoms with Gasteiger partial charge in [0.15, 0.2) is 18.7 Å². The van der Waals surface area contributed by atoms with Crippen LogP contribution >= 0.6 is 0 Å². The molecule has 2 saturated heterocycles. The van der Waals surface area contributed by atoms with Gasteiger partial charge < -0.3 is 54.7 Å². The van der Waals surface area contributed by atoms with Gasteiger partial charge in [-0.05, 0) is 122 Å². The zero-order chi connectivity index (χ0) is 39.6. The second-order valence-corrected chi connectivity index (χ2v) is 20.6. The minimum atomic E-state index is -1.80. The first-order valence-electron chi connectivity index (χ1n) is 20.5. The van der Waals surface area contributed by atoms with E-state index in [1.807, 2.05) is 6.92 Å². The van der Waals surface area contributed by atoms with Crippen molar-refractivity contribution in [3.63, 3.8) is 0 Å². The minimum absolute atomic E-state index is 0.0415. The molecule has 7 rings (SSSR count). The summed E-state index contributed by atoms with van der Waals surface area (Å²) in [6.45, 7) is 15.7. The van der Waals surface area contributed by atoms with E-state index in [1.54, 1.807) is 0 Å². The molecule has 0 unspecified atom stereocenters. The van der Waals surface area contributed by atoms with Crippen molar-refractivity contribution >= 4 is 11.9 Å². The average Bonchev–Trinajstić information content (AvgIpc) is 3.35. The number of fused-ring (bicyclic) bond motifs is 7. The number of rotatable bonds is 7. The Morgan fingerprint density at radius 2 is 1.30 bits per heavy atom. The Morgan fingerprint density at radius 1 is 0.667 bits per heavy atom. The molecular formula is C41H66O13. The van der Waals surface area contributed by atoms with Gasteiger partial charge in [0.25, 0.3) is 0 Å². The van der Waals surface area contributed by atoms with Gasteiger partial charge in [-0.2, -0.15) is 0 Å². The summed E-state index contributed by atoms with van der Waals surface area (Å²) in [5.41, 5.74) is -2.01. The number of carboxylic acid groups (broad SMARTS) is 2. The smallest absolute Gasteiger partial charge is 0.335 e. The van der Waals surface area contributed by atoms with E-state index in [-0.39, 0.29) is 38.9 Å². The second-order valence-electron chi connectivity index (χ2n) is 20.6. The Hall–Kier alpha value is -1.42. The molecule has 0 bridgehead atoms. The van der Waals surface area contributed by atoms with Crippen LogP contribution in [0.5, 0.6) is 0 Å². The maximum absolute atomic E-state index is 13.3. The lowest BCUT2D eigenvalue weighted by molar-refractivity contribution is -0.356. The third kappa shape index (κ3) is 5.63. The molecule has 7 fully saturated rings. The Kier molecular flexibility index (Phi) is 10.0. The third-order valence-corrected chi connectivity index (χ3v) is 17.6. The summed E-state index contributed by atoms with van der Waals surface area (Å²) in [6.07, 6.45) is -3.90. The van der Waals surface area contributed by atoms with E-state index in [4.69, 9.17) is 18.9 Å². The summed E-state index contributed by atoms with van der Waals surface area (Å²) < 4.78 is 23.6. The Balaban J connectivity index is 1.13. The molecule has 13 heteroatoms. The number of ether oxygens (including phenoxy) is 4. The third-order valence-electron chi connectivity index (χ3n) is 17.6. The fourth-order valence-electron chi connectivity index (χ4n) is 14.8. The molecule has 0 aromatic rings. The molecule has 7 aliphatic rings. The lowest BCUT2D eigenvalue weighted by atomic mass is 9.29. The first kappa shape index (κ1) is 40.8. The van der Waals surface area contributed by atoms with Gasteiger partial charge in [-0.15, -0.1) is 0 Å². The minimum Gasteiger partial charge on any atom is -0.481 e. The van der Waals surface area contributed by atoms with Crippen molar-refractivity contribution in [2.24, 2.45) is 50.2 Å². The molecule has 5 saturated carbocycles. The van der Waals surface area contributed by atoms with Crippen LogP contribution in [0.15, 0.2) is 0 Å². The molecule has 0 amide bonds. The van der Waals surface area contributed by atoms with Crippen LogP contribution in [0.2, 0.25) is 0 Å². The van der Waals surface area contributed by atoms with Crippen molar-refractivity contribution in [3.8, 4) is 0 Å². The molecule has 0 aromatic heterocycles. The highest BCUT2D eigenvalue weighted by Crippen LogP contribution is 2.79. The highest BCUT2D eigenvalue weighted by atomic mass is 16.7. The van der Waals surface area contributed by atoms with E-state index >= 15 is 0 Å². The van der Waals surface area contributed by atoms with E-state index < -0.39 is 84.9 Å². The molecule has 54 heavy (non-hydrogen) atoms. The molecule has 13 nitrogen and oxygen atoms in total. The fraction of sp³-hybridized carbons (Fsp3) is 0.951. The number of carbonyl (C=O) groups is 2. The van der Waals surface area contributed by atoms with Crippen LogP contribution < -0.4 is 0 Å². The number of hydrogen-bond acceptors (Lipinski definition) is 11. The summed E-state index contributed by atoms with van der Waals surface area (Å²) in [7, 11) is 0. The molecular weight excluding hydrogens is 700 g/mol. The molecule has 7 N–H and O–H groups in total. The standard InChI is InChI=1S/C41H66O13/c1-35(2)15-17-41(34(49)50)18-16-38(5)24(39(41,6)20-35)10-9-22-36(3)12-8-13-40(7,23(36)11-14-37(22,38)4)54-33-28(46)26(44)29(30(53-33)31(47)48)52-32-27(45)25(43)21(19-42)51-32/h21-30,32-33,42-46H,8-20H2,1-7H3,(H,47,48)(H,49,50)/t21-,22-,23+,24-,25-,26-,27+,28-,29+,30+,32+,33+,36-,37-,38-,39+,40+,41-/m1/s1. The maximum atomic E-state index is 13.3. The zero-order valence-electron chi connectivity index (χ0n) is 33.2. The Bertz CT molecular complexity index is 1470. The average molecular weight is 767 g/mol. The summed E-state index contributed by atoms with van der Waals surface area (Å²) in [5, 5.41) is 73.8. The molecule has 18 atom stereocenters. The fourth-order valence-corrected chi connectivity index (χ4v) is 14.8. The second kappa shape index (κ2) is 13.3. The van der Waals surface area contributed by atoms with E-state index in [1.165, 1.54) is 0 Å². The SMILES string of the molecule is CC1(C)CC[C@]2(C(=O)O)CC[C@]3(C)[C@@H](CC[C@@H]4[C@@]5(C)CCC[C@](C)(O[C@@H]6O[C@H](C(=O)O)[C@@H](O[C@@H]7O[C@H](CO)[C@@H](O)[C@@H]7O)[C@H](O)[C@H]6O)[C@H]5CC[C@]43C)[C@]2(C)C1. The molecule has 0 spiro atoms. The largest absolute Gasteiger partial charge is 0.481 e. The highest BCUT2D eigenvalue weighted by Gasteiger charge is 2.74. The molecule has 2 aliphatic heterocycles. The van der Waals surface area contributed by atoms with Crippen LogP contribution in [-0.2, 0) is 28.5 Å². The first-order chi connectivity index (χ1) is 25.0. The van der Waals surface area contributed by atoms with Gasteiger partial charge in [0.1, 0.15) is 36.6 Å². The predicted molar refractivity (Wildman–Crippen MR) is 193 cm³/mol. The normalized spacial score (nSPS) is 55.5. The first-order valence-corrected chi connectivity index (χ1v) is 20.5. The zero-order valence-corrected chi connectivity index (χ0v) is 33.2. The van der Waals surface area contributed by atoms with Crippen molar-refractivity contribution in [1.82, 2.24) is 0 Å². The van der Waals surface area contributed by atoms with Gasteiger partial charge >= 0.3 is 11.9 Å². The van der Waals surface area contributed by atoms with Crippen LogP contribution in [0.1, 0.15) is 126 Å². The van der Waals surface area contributed by atoms with E-state index in [0.29, 0.717) is 18.8 Å². The monoisotopic (exact) mass is 766 g/mol. The van der Waals surface area contributed by atoms with Crippen molar-refractivity contribution < 1.29 is 64.3 Å². The van der Waals surface area contributed by atoms with Gasteiger partial charge in [-0.1, -0.05) is 48.0 Å². The topological polar surface area (TPSA) is 213 Å². The van der Waals surface area contributed by atoms with Crippen molar-refractivity contribution in [2.75, 3.05) is 6.61 Å². The lowest BCUT2D eigenvalue weighted by Crippen LogP contribution is -2.70. The van der Waals surface area contributed by atoms with E-state index in [2.05, 4.69) is 41.5 Å². The van der Waals surface area contributed by atoms with E-state index in [0.717, 1.165) is 64.2 Å². The molecule has 0 radical (unpaired) electrons. The Labute approximate surface area is 319 Å². The van der Waals surface area contributed by atoms with Crippen LogP contribution in [-0.4, -0.2) is 115 Å². The number of aliphatic hydroxyl groups is 5. The molecule has 0 aromatic carbocycles. The van der Waals surface area contributed by atoms with Gasteiger partial charge in [0.2, 0.25) is 0 Å². The van der Waals surface area contributed by atoms with Crippen LogP contribution in [0.4, 0.5) is 0 Å². The molecule has 308 valence electrons. The summed E-state index contributed by atoms with van der Waals surface area (Å²) in [4.78, 5) is 25.8. The number of aliphatic carboxylic acids is 2. The number of hydrogen-bond donors (Lipinski definition) is 7. The van der Waals surface area contributed by atoms with Crippen LogP contribution in [0.3, 0.4) is 0 Å². The van der Waals surface area contributed by atoms with E-state index in [9.17, 15) is 45.3 Å². The van der Waals surface area contributed by atoms with Gasteiger partial charge in [-0.3, -0.25) is 4.79 Å². The van der Waals surface area contributed by atoms with Gasteiger partial charge in [0.05, 0.1) is 17.6 Å². The molecule has 5 aliphatic carbocycles. The summed E-state index contributed by atoms with van der Waals surface area (Å²) in [6, 6.07) is 0. The van der Waals surface area contributed by atoms with Crippen LogP contribution in [0, 0.1) is 50.2 Å². The van der Waals surface area contributed by atoms with Crippen molar-refractivity contribution in [1.29, 1.82) is 0 Å². The maximum Gasteiger partial charge on any atom is 0.335 e. The lowest BCUT2D eigenvalue weighted by Gasteiger charge is -2.75.